The Labute approximate surface area is 116 Å². The second-order valence-corrected chi connectivity index (χ2v) is 5.91. The summed E-state index contributed by atoms with van der Waals surface area (Å²) in [6, 6.07) is 0. The van der Waals surface area contributed by atoms with Crippen molar-refractivity contribution in [3.8, 4) is 0 Å². The number of nitrogens with one attached hydrogen (secondary N) is 2. The Morgan fingerprint density at radius 2 is 2.00 bits per heavy atom. The first kappa shape index (κ1) is 13.1. The van der Waals surface area contributed by atoms with E-state index in [0.29, 0.717) is 0 Å². The molecule has 0 spiro atoms. The van der Waals surface area contributed by atoms with E-state index >= 15 is 0 Å². The number of aromatic amines is 1. The van der Waals surface area contributed by atoms with Crippen molar-refractivity contribution in [1.82, 2.24) is 20.4 Å². The topological polar surface area (TPSA) is 44.0 Å². The van der Waals surface area contributed by atoms with Crippen molar-refractivity contribution < 1.29 is 0 Å². The van der Waals surface area contributed by atoms with Crippen LogP contribution in [0.15, 0.2) is 0 Å². The molecule has 1 aromatic rings. The van der Waals surface area contributed by atoms with Gasteiger partial charge < -0.3 is 10.2 Å². The minimum Gasteiger partial charge on any atom is -0.311 e. The SMILES string of the molecule is C1CCN(CCCNCc2n[nH]c3c2CCC3)CC1. The highest BCUT2D eigenvalue weighted by molar-refractivity contribution is 5.29. The van der Waals surface area contributed by atoms with Crippen LogP contribution in [0, 0.1) is 0 Å². The summed E-state index contributed by atoms with van der Waals surface area (Å²) in [5.74, 6) is 0. The number of piperidine rings is 1. The Balaban J connectivity index is 1.32. The summed E-state index contributed by atoms with van der Waals surface area (Å²) in [6.07, 6.45) is 9.19. The molecule has 0 saturated carbocycles. The lowest BCUT2D eigenvalue weighted by molar-refractivity contribution is 0.225. The molecular formula is C15H26N4. The van der Waals surface area contributed by atoms with Crippen LogP contribution in [0.25, 0.3) is 0 Å². The smallest absolute Gasteiger partial charge is 0.0794 e. The van der Waals surface area contributed by atoms with E-state index in [1.54, 1.807) is 0 Å². The van der Waals surface area contributed by atoms with E-state index in [9.17, 15) is 0 Å². The molecule has 1 aromatic heterocycles. The molecular weight excluding hydrogens is 236 g/mol. The Kier molecular flexibility index (Phi) is 4.51. The van der Waals surface area contributed by atoms with E-state index in [4.69, 9.17) is 0 Å². The highest BCUT2D eigenvalue weighted by Gasteiger charge is 2.17. The van der Waals surface area contributed by atoms with E-state index in [1.807, 2.05) is 0 Å². The van der Waals surface area contributed by atoms with Gasteiger partial charge in [0, 0.05) is 12.2 Å². The van der Waals surface area contributed by atoms with Crippen LogP contribution in [0.1, 0.15) is 49.1 Å². The Hall–Kier alpha value is -0.870. The minimum atomic E-state index is 0.936. The average molecular weight is 262 g/mol. The van der Waals surface area contributed by atoms with Crippen LogP contribution in [0.4, 0.5) is 0 Å². The minimum absolute atomic E-state index is 0.936. The molecule has 2 aliphatic rings. The highest BCUT2D eigenvalue weighted by Crippen LogP contribution is 2.22. The first-order chi connectivity index (χ1) is 9.43. The maximum absolute atomic E-state index is 4.43. The maximum atomic E-state index is 4.43. The van der Waals surface area contributed by atoms with Gasteiger partial charge in [0.15, 0.2) is 0 Å². The number of rotatable bonds is 6. The van der Waals surface area contributed by atoms with Crippen LogP contribution >= 0.6 is 0 Å². The molecule has 4 heteroatoms. The van der Waals surface area contributed by atoms with Crippen LogP contribution in [0.2, 0.25) is 0 Å². The Bertz CT molecular complexity index is 393. The highest BCUT2D eigenvalue weighted by atomic mass is 15.1. The van der Waals surface area contributed by atoms with Gasteiger partial charge in [-0.15, -0.1) is 0 Å². The molecule has 4 nitrogen and oxygen atoms in total. The van der Waals surface area contributed by atoms with E-state index in [1.165, 1.54) is 81.5 Å². The summed E-state index contributed by atoms with van der Waals surface area (Å²) in [6.45, 7) is 5.93. The number of aryl methyl sites for hydroxylation is 1. The van der Waals surface area contributed by atoms with Crippen molar-refractivity contribution in [3.63, 3.8) is 0 Å². The van der Waals surface area contributed by atoms with E-state index in [2.05, 4.69) is 20.4 Å². The van der Waals surface area contributed by atoms with Gasteiger partial charge in [0.2, 0.25) is 0 Å². The van der Waals surface area contributed by atoms with Gasteiger partial charge in [-0.05, 0) is 70.3 Å². The molecule has 0 bridgehead atoms. The van der Waals surface area contributed by atoms with Crippen LogP contribution in [0.3, 0.4) is 0 Å². The summed E-state index contributed by atoms with van der Waals surface area (Å²) in [5.41, 5.74) is 4.12. The van der Waals surface area contributed by atoms with E-state index in [-0.39, 0.29) is 0 Å². The second kappa shape index (κ2) is 6.53. The molecule has 1 saturated heterocycles. The van der Waals surface area contributed by atoms with Gasteiger partial charge in [-0.3, -0.25) is 5.10 Å². The molecule has 1 aliphatic carbocycles. The van der Waals surface area contributed by atoms with Gasteiger partial charge in [0.25, 0.3) is 0 Å². The molecule has 2 N–H and O–H groups in total. The number of fused-ring (bicyclic) bond motifs is 1. The van der Waals surface area contributed by atoms with Gasteiger partial charge in [-0.1, -0.05) is 6.42 Å². The van der Waals surface area contributed by atoms with Crippen LogP contribution in [0.5, 0.6) is 0 Å². The predicted molar refractivity (Wildman–Crippen MR) is 77.2 cm³/mol. The van der Waals surface area contributed by atoms with Crippen LogP contribution in [-0.2, 0) is 19.4 Å². The van der Waals surface area contributed by atoms with Crippen LogP contribution in [-0.4, -0.2) is 41.3 Å². The van der Waals surface area contributed by atoms with Crippen molar-refractivity contribution in [2.45, 2.75) is 51.5 Å². The standard InChI is InChI=1S/C15H26N4/c1-2-9-19(10-3-1)11-5-8-16-12-15-13-6-4-7-14(13)17-18-15/h16H,1-12H2,(H,17,18). The van der Waals surface area contributed by atoms with Gasteiger partial charge in [0.1, 0.15) is 0 Å². The first-order valence-corrected chi connectivity index (χ1v) is 7.91. The lowest BCUT2D eigenvalue weighted by Crippen LogP contribution is -2.32. The average Bonchev–Trinajstić information content (AvgIpc) is 3.04. The van der Waals surface area contributed by atoms with E-state index < -0.39 is 0 Å². The second-order valence-electron chi connectivity index (χ2n) is 5.91. The number of H-pyrrole nitrogens is 1. The molecule has 1 fully saturated rings. The number of hydrogen-bond acceptors (Lipinski definition) is 3. The Morgan fingerprint density at radius 1 is 1.11 bits per heavy atom. The largest absolute Gasteiger partial charge is 0.311 e. The third kappa shape index (κ3) is 3.37. The molecule has 1 aliphatic heterocycles. The predicted octanol–water partition coefficient (Wildman–Crippen LogP) is 1.86. The zero-order valence-corrected chi connectivity index (χ0v) is 11.9. The molecule has 106 valence electrons. The van der Waals surface area contributed by atoms with Crippen molar-refractivity contribution in [2.24, 2.45) is 0 Å². The fourth-order valence-electron chi connectivity index (χ4n) is 3.35. The van der Waals surface area contributed by atoms with Crippen molar-refractivity contribution in [1.29, 1.82) is 0 Å². The van der Waals surface area contributed by atoms with Gasteiger partial charge >= 0.3 is 0 Å². The summed E-state index contributed by atoms with van der Waals surface area (Å²) in [4.78, 5) is 2.61. The fourth-order valence-corrected chi connectivity index (χ4v) is 3.35. The summed E-state index contributed by atoms with van der Waals surface area (Å²) in [5, 5.41) is 11.2. The van der Waals surface area contributed by atoms with E-state index in [0.717, 1.165) is 13.1 Å². The monoisotopic (exact) mass is 262 g/mol. The van der Waals surface area contributed by atoms with Gasteiger partial charge in [0.05, 0.1) is 5.69 Å². The number of hydrogen-bond donors (Lipinski definition) is 2. The normalized spacial score (nSPS) is 19.8. The molecule has 2 heterocycles. The lowest BCUT2D eigenvalue weighted by Gasteiger charge is -2.26. The molecule has 0 aromatic carbocycles. The molecule has 0 radical (unpaired) electrons. The molecule has 19 heavy (non-hydrogen) atoms. The number of nitrogens with zero attached hydrogens (tertiary/aromatic N) is 2. The Morgan fingerprint density at radius 3 is 2.89 bits per heavy atom. The van der Waals surface area contributed by atoms with Gasteiger partial charge in [-0.2, -0.15) is 5.10 Å². The third-order valence-corrected chi connectivity index (χ3v) is 4.46. The third-order valence-electron chi connectivity index (χ3n) is 4.46. The van der Waals surface area contributed by atoms with Crippen molar-refractivity contribution in [3.05, 3.63) is 17.0 Å². The summed E-state index contributed by atoms with van der Waals surface area (Å²) in [7, 11) is 0. The lowest BCUT2D eigenvalue weighted by atomic mass is 10.1. The quantitative estimate of drug-likeness (QED) is 0.769. The van der Waals surface area contributed by atoms with Crippen molar-refractivity contribution >= 4 is 0 Å². The molecule has 0 unspecified atom stereocenters. The molecule has 3 rings (SSSR count). The van der Waals surface area contributed by atoms with Gasteiger partial charge in [-0.25, -0.2) is 0 Å². The van der Waals surface area contributed by atoms with Crippen molar-refractivity contribution in [2.75, 3.05) is 26.2 Å². The molecule has 0 amide bonds. The zero-order chi connectivity index (χ0) is 12.9. The first-order valence-electron chi connectivity index (χ1n) is 7.91. The fraction of sp³-hybridized carbons (Fsp3) is 0.800. The van der Waals surface area contributed by atoms with Crippen LogP contribution < -0.4 is 5.32 Å². The maximum Gasteiger partial charge on any atom is 0.0794 e. The number of likely N-dealkylation sites (tertiary alicyclic amines) is 1. The molecule has 0 atom stereocenters. The number of aromatic nitrogens is 2. The summed E-state index contributed by atoms with van der Waals surface area (Å²) >= 11 is 0. The zero-order valence-electron chi connectivity index (χ0n) is 11.9. The summed E-state index contributed by atoms with van der Waals surface area (Å²) < 4.78 is 0.